The molecule has 1 nitrogen and oxygen atoms in total. The third kappa shape index (κ3) is 2.41. The van der Waals surface area contributed by atoms with Gasteiger partial charge < -0.3 is 5.73 Å². The summed E-state index contributed by atoms with van der Waals surface area (Å²) < 4.78 is 0. The molecule has 0 saturated heterocycles. The minimum atomic E-state index is 0.0358. The van der Waals surface area contributed by atoms with Crippen LogP contribution in [0.3, 0.4) is 0 Å². The van der Waals surface area contributed by atoms with Crippen molar-refractivity contribution in [1.82, 2.24) is 0 Å². The number of hydrogen-bond donors (Lipinski definition) is 1. The molecule has 3 heteroatoms. The van der Waals surface area contributed by atoms with Crippen molar-refractivity contribution < 1.29 is 0 Å². The molecular formula is C11H13Cl2N. The third-order valence-electron chi connectivity index (χ3n) is 2.64. The average Bonchev–Trinajstić information content (AvgIpc) is 2.93. The molecule has 0 spiro atoms. The van der Waals surface area contributed by atoms with E-state index in [0.29, 0.717) is 5.02 Å². The number of hydrogen-bond acceptors (Lipinski definition) is 1. The van der Waals surface area contributed by atoms with Gasteiger partial charge in [-0.15, -0.1) is 0 Å². The summed E-state index contributed by atoms with van der Waals surface area (Å²) in [5.41, 5.74) is 7.04. The summed E-state index contributed by atoms with van der Waals surface area (Å²) in [6.45, 7) is 0. The summed E-state index contributed by atoms with van der Waals surface area (Å²) in [6, 6.07) is 5.51. The molecule has 1 aromatic rings. The standard InChI is InChI=1S/C11H13Cl2N/c12-8-3-4-10(13)9(6-8)11(14)5-7-1-2-7/h3-4,6-7,11H,1-2,5,14H2/t11-/m1/s1. The van der Waals surface area contributed by atoms with Crippen molar-refractivity contribution in [3.63, 3.8) is 0 Å². The zero-order valence-corrected chi connectivity index (χ0v) is 9.35. The van der Waals surface area contributed by atoms with E-state index in [-0.39, 0.29) is 6.04 Å². The van der Waals surface area contributed by atoms with Crippen LogP contribution in [-0.4, -0.2) is 0 Å². The average molecular weight is 230 g/mol. The van der Waals surface area contributed by atoms with Gasteiger partial charge in [-0.2, -0.15) is 0 Å². The van der Waals surface area contributed by atoms with Crippen molar-refractivity contribution >= 4 is 23.2 Å². The van der Waals surface area contributed by atoms with Gasteiger partial charge in [0.2, 0.25) is 0 Å². The molecule has 0 radical (unpaired) electrons. The van der Waals surface area contributed by atoms with Crippen LogP contribution in [0.4, 0.5) is 0 Å². The first kappa shape index (κ1) is 10.3. The van der Waals surface area contributed by atoms with E-state index >= 15 is 0 Å². The van der Waals surface area contributed by atoms with Crippen molar-refractivity contribution in [3.05, 3.63) is 33.8 Å². The fraction of sp³-hybridized carbons (Fsp3) is 0.455. The van der Waals surface area contributed by atoms with Crippen molar-refractivity contribution in [1.29, 1.82) is 0 Å². The monoisotopic (exact) mass is 229 g/mol. The summed E-state index contributed by atoms with van der Waals surface area (Å²) in [4.78, 5) is 0. The minimum Gasteiger partial charge on any atom is -0.324 e. The van der Waals surface area contributed by atoms with Gasteiger partial charge in [0.05, 0.1) is 0 Å². The van der Waals surface area contributed by atoms with Gasteiger partial charge in [0.1, 0.15) is 0 Å². The Bertz CT molecular complexity index is 334. The molecule has 2 rings (SSSR count). The quantitative estimate of drug-likeness (QED) is 0.839. The predicted octanol–water partition coefficient (Wildman–Crippen LogP) is 3.79. The summed E-state index contributed by atoms with van der Waals surface area (Å²) in [6.07, 6.45) is 3.65. The smallest absolute Gasteiger partial charge is 0.0454 e. The Hall–Kier alpha value is -0.240. The van der Waals surface area contributed by atoms with Crippen LogP contribution in [0.5, 0.6) is 0 Å². The highest BCUT2D eigenvalue weighted by Crippen LogP contribution is 2.38. The first-order valence-corrected chi connectivity index (χ1v) is 5.63. The van der Waals surface area contributed by atoms with Gasteiger partial charge in [-0.1, -0.05) is 36.0 Å². The van der Waals surface area contributed by atoms with E-state index < -0.39 is 0 Å². The third-order valence-corrected chi connectivity index (χ3v) is 3.22. The van der Waals surface area contributed by atoms with Crippen LogP contribution in [-0.2, 0) is 0 Å². The highest BCUT2D eigenvalue weighted by Gasteiger charge is 2.25. The lowest BCUT2D eigenvalue weighted by Crippen LogP contribution is -2.11. The maximum absolute atomic E-state index is 6.06. The lowest BCUT2D eigenvalue weighted by Gasteiger charge is -2.13. The number of halogens is 2. The summed E-state index contributed by atoms with van der Waals surface area (Å²) in [7, 11) is 0. The second kappa shape index (κ2) is 4.09. The minimum absolute atomic E-state index is 0.0358. The molecule has 1 aliphatic rings. The first-order valence-electron chi connectivity index (χ1n) is 4.87. The number of nitrogens with two attached hydrogens (primary N) is 1. The van der Waals surface area contributed by atoms with Crippen molar-refractivity contribution in [2.24, 2.45) is 11.7 Å². The van der Waals surface area contributed by atoms with Crippen LogP contribution in [0.25, 0.3) is 0 Å². The maximum atomic E-state index is 6.06. The van der Waals surface area contributed by atoms with E-state index in [1.165, 1.54) is 12.8 Å². The molecule has 1 aliphatic carbocycles. The molecule has 0 amide bonds. The number of rotatable bonds is 3. The Morgan fingerprint density at radius 3 is 2.71 bits per heavy atom. The van der Waals surface area contributed by atoms with E-state index in [9.17, 15) is 0 Å². The molecule has 1 aromatic carbocycles. The van der Waals surface area contributed by atoms with Crippen LogP contribution in [0.1, 0.15) is 30.9 Å². The molecule has 2 N–H and O–H groups in total. The van der Waals surface area contributed by atoms with E-state index in [1.807, 2.05) is 12.1 Å². The SMILES string of the molecule is N[C@H](CC1CC1)c1cc(Cl)ccc1Cl. The Morgan fingerprint density at radius 2 is 2.07 bits per heavy atom. The van der Waals surface area contributed by atoms with Gasteiger partial charge >= 0.3 is 0 Å². The highest BCUT2D eigenvalue weighted by atomic mass is 35.5. The Balaban J connectivity index is 2.15. The van der Waals surface area contributed by atoms with Gasteiger partial charge in [-0.3, -0.25) is 0 Å². The Labute approximate surface area is 94.2 Å². The molecule has 0 heterocycles. The second-order valence-electron chi connectivity index (χ2n) is 3.95. The first-order chi connectivity index (χ1) is 6.66. The second-order valence-corrected chi connectivity index (χ2v) is 4.80. The van der Waals surface area contributed by atoms with E-state index in [2.05, 4.69) is 0 Å². The summed E-state index contributed by atoms with van der Waals surface area (Å²) in [5, 5.41) is 1.43. The molecule has 1 saturated carbocycles. The van der Waals surface area contributed by atoms with E-state index in [0.717, 1.165) is 22.9 Å². The molecule has 0 bridgehead atoms. The van der Waals surface area contributed by atoms with Gasteiger partial charge in [0.15, 0.2) is 0 Å². The molecule has 0 aromatic heterocycles. The van der Waals surface area contributed by atoms with Gasteiger partial charge in [0, 0.05) is 16.1 Å². The highest BCUT2D eigenvalue weighted by molar-refractivity contribution is 6.33. The molecule has 1 fully saturated rings. The molecular weight excluding hydrogens is 217 g/mol. The maximum Gasteiger partial charge on any atom is 0.0454 e. The molecule has 0 unspecified atom stereocenters. The van der Waals surface area contributed by atoms with Crippen LogP contribution in [0.15, 0.2) is 18.2 Å². The van der Waals surface area contributed by atoms with Gasteiger partial charge in [0.25, 0.3) is 0 Å². The van der Waals surface area contributed by atoms with Crippen LogP contribution < -0.4 is 5.73 Å². The van der Waals surface area contributed by atoms with Gasteiger partial charge in [-0.25, -0.2) is 0 Å². The lowest BCUT2D eigenvalue weighted by molar-refractivity contribution is 0.597. The normalized spacial score (nSPS) is 18.2. The van der Waals surface area contributed by atoms with Crippen molar-refractivity contribution in [2.75, 3.05) is 0 Å². The Kier molecular flexibility index (Phi) is 3.01. The number of benzene rings is 1. The fourth-order valence-electron chi connectivity index (χ4n) is 1.64. The van der Waals surface area contributed by atoms with Crippen molar-refractivity contribution in [2.45, 2.75) is 25.3 Å². The van der Waals surface area contributed by atoms with Crippen LogP contribution in [0, 0.1) is 5.92 Å². The molecule has 1 atom stereocenters. The lowest BCUT2D eigenvalue weighted by atomic mass is 10.0. The van der Waals surface area contributed by atoms with E-state index in [4.69, 9.17) is 28.9 Å². The van der Waals surface area contributed by atoms with E-state index in [1.54, 1.807) is 6.07 Å². The summed E-state index contributed by atoms with van der Waals surface area (Å²) >= 11 is 12.0. The molecule has 76 valence electrons. The van der Waals surface area contributed by atoms with Crippen molar-refractivity contribution in [3.8, 4) is 0 Å². The molecule has 14 heavy (non-hydrogen) atoms. The molecule has 0 aliphatic heterocycles. The zero-order valence-electron chi connectivity index (χ0n) is 7.84. The van der Waals surface area contributed by atoms with Crippen LogP contribution in [0.2, 0.25) is 10.0 Å². The summed E-state index contributed by atoms with van der Waals surface area (Å²) in [5.74, 6) is 0.806. The van der Waals surface area contributed by atoms with Gasteiger partial charge in [-0.05, 0) is 36.1 Å². The largest absolute Gasteiger partial charge is 0.324 e. The predicted molar refractivity (Wildman–Crippen MR) is 60.7 cm³/mol. The topological polar surface area (TPSA) is 26.0 Å². The zero-order chi connectivity index (χ0) is 10.1. The fourth-order valence-corrected chi connectivity index (χ4v) is 2.08. The van der Waals surface area contributed by atoms with Crippen LogP contribution >= 0.6 is 23.2 Å². The Morgan fingerprint density at radius 1 is 1.36 bits per heavy atom.